The summed E-state index contributed by atoms with van der Waals surface area (Å²) in [5.41, 5.74) is 14.5. The molecule has 3 heterocycles. The van der Waals surface area contributed by atoms with E-state index in [1.54, 1.807) is 24.8 Å². The Kier molecular flexibility index (Phi) is 6.02. The summed E-state index contributed by atoms with van der Waals surface area (Å²) in [6.45, 7) is 0. The molecular formula is C44H27N5. The van der Waals surface area contributed by atoms with Crippen LogP contribution >= 0.6 is 0 Å². The molecule has 3 aromatic heterocycles. The minimum Gasteiger partial charge on any atom is -0.265 e. The zero-order valence-electron chi connectivity index (χ0n) is 26.3. The van der Waals surface area contributed by atoms with Crippen molar-refractivity contribution < 1.29 is 0 Å². The summed E-state index contributed by atoms with van der Waals surface area (Å²) in [6, 6.07) is 50.0. The average molecular weight is 626 g/mol. The first-order valence-electron chi connectivity index (χ1n) is 16.4. The second-order valence-corrected chi connectivity index (χ2v) is 12.5. The Morgan fingerprint density at radius 3 is 1.14 bits per heavy atom. The molecule has 5 aromatic carbocycles. The van der Waals surface area contributed by atoms with Gasteiger partial charge in [-0.1, -0.05) is 109 Å². The van der Waals surface area contributed by atoms with E-state index in [2.05, 4.69) is 125 Å². The Labute approximate surface area is 283 Å². The molecule has 8 aromatic rings. The topological polar surface area (TPSA) is 64.5 Å². The SMILES string of the molecule is c1ccc2c(c1)-c1ccccc1C1(c3cc(-c4nc(-c5ccncc5)nc(-c5ccncc5)n4)ccc3-2)c2ccccc2-c2ccccc21. The van der Waals surface area contributed by atoms with Crippen LogP contribution in [-0.4, -0.2) is 24.9 Å². The number of hydrogen-bond donors (Lipinski definition) is 0. The van der Waals surface area contributed by atoms with E-state index in [-0.39, 0.29) is 0 Å². The molecule has 0 bridgehead atoms. The van der Waals surface area contributed by atoms with Gasteiger partial charge >= 0.3 is 0 Å². The summed E-state index contributed by atoms with van der Waals surface area (Å²) >= 11 is 0. The van der Waals surface area contributed by atoms with Gasteiger partial charge in [-0.3, -0.25) is 9.97 Å². The van der Waals surface area contributed by atoms with Crippen molar-refractivity contribution in [3.63, 3.8) is 0 Å². The highest BCUT2D eigenvalue weighted by molar-refractivity contribution is 5.97. The van der Waals surface area contributed by atoms with Crippen molar-refractivity contribution in [2.24, 2.45) is 0 Å². The lowest BCUT2D eigenvalue weighted by atomic mass is 9.65. The number of pyridine rings is 2. The Bertz CT molecular complexity index is 2460. The van der Waals surface area contributed by atoms with Crippen molar-refractivity contribution >= 4 is 0 Å². The zero-order valence-corrected chi connectivity index (χ0v) is 26.3. The lowest BCUT2D eigenvalue weighted by molar-refractivity contribution is 0.775. The lowest BCUT2D eigenvalue weighted by Gasteiger charge is -2.35. The van der Waals surface area contributed by atoms with Crippen molar-refractivity contribution in [3.05, 3.63) is 187 Å². The minimum absolute atomic E-state index is 0.580. The maximum atomic E-state index is 5.10. The zero-order chi connectivity index (χ0) is 32.4. The Balaban J connectivity index is 1.32. The number of nitrogens with zero attached hydrogens (tertiary/aromatic N) is 5. The van der Waals surface area contributed by atoms with Crippen LogP contribution in [0, 0.1) is 0 Å². The molecule has 1 spiro atoms. The molecule has 0 saturated heterocycles. The number of benzene rings is 5. The Hall–Kier alpha value is -6.59. The van der Waals surface area contributed by atoms with E-state index in [4.69, 9.17) is 15.0 Å². The molecule has 0 amide bonds. The van der Waals surface area contributed by atoms with Gasteiger partial charge in [-0.05, 0) is 86.0 Å². The third-order valence-corrected chi connectivity index (χ3v) is 9.99. The largest absolute Gasteiger partial charge is 0.265 e. The number of hydrogen-bond acceptors (Lipinski definition) is 5. The van der Waals surface area contributed by atoms with Gasteiger partial charge in [0.05, 0.1) is 5.41 Å². The van der Waals surface area contributed by atoms with Crippen LogP contribution in [0.25, 0.3) is 67.5 Å². The fourth-order valence-corrected chi connectivity index (χ4v) is 7.95. The van der Waals surface area contributed by atoms with Gasteiger partial charge in [0.15, 0.2) is 17.5 Å². The van der Waals surface area contributed by atoms with Crippen molar-refractivity contribution in [3.8, 4) is 67.5 Å². The van der Waals surface area contributed by atoms with Gasteiger partial charge in [0.1, 0.15) is 0 Å². The van der Waals surface area contributed by atoms with E-state index in [1.807, 2.05) is 24.3 Å². The molecule has 0 saturated carbocycles. The predicted octanol–water partition coefficient (Wildman–Crippen LogP) is 9.67. The summed E-state index contributed by atoms with van der Waals surface area (Å²) in [6.07, 6.45) is 7.06. The lowest BCUT2D eigenvalue weighted by Crippen LogP contribution is -2.29. The van der Waals surface area contributed by atoms with Crippen LogP contribution in [0.2, 0.25) is 0 Å². The third kappa shape index (κ3) is 4.02. The Morgan fingerprint density at radius 2 is 0.673 bits per heavy atom. The minimum atomic E-state index is -0.580. The molecule has 0 atom stereocenters. The maximum Gasteiger partial charge on any atom is 0.164 e. The fraction of sp³-hybridized carbons (Fsp3) is 0.0227. The van der Waals surface area contributed by atoms with Crippen LogP contribution in [0.1, 0.15) is 22.3 Å². The standard InChI is InChI=1S/C44H27N5/c1-2-10-32-31(9-1)33-11-3-6-14-37(33)44(38-15-7-4-12-34(38)35-13-5-8-16-39(35)44)40-27-30(17-18-36(32)40)43-48-41(28-19-23-45-24-20-28)47-42(49-43)29-21-25-46-26-22-29/h1-27H. The molecule has 5 nitrogen and oxygen atoms in total. The molecule has 0 aliphatic heterocycles. The molecule has 2 aliphatic carbocycles. The number of fused-ring (bicyclic) bond motifs is 12. The van der Waals surface area contributed by atoms with E-state index in [0.29, 0.717) is 17.5 Å². The molecule has 228 valence electrons. The summed E-state index contributed by atoms with van der Waals surface area (Å²) in [7, 11) is 0. The van der Waals surface area contributed by atoms with Crippen LogP contribution in [0.5, 0.6) is 0 Å². The van der Waals surface area contributed by atoms with Crippen LogP contribution in [-0.2, 0) is 5.41 Å². The normalized spacial score (nSPS) is 13.1. The summed E-state index contributed by atoms with van der Waals surface area (Å²) in [4.78, 5) is 23.6. The highest BCUT2D eigenvalue weighted by Crippen LogP contribution is 2.61. The first-order valence-corrected chi connectivity index (χ1v) is 16.4. The predicted molar refractivity (Wildman–Crippen MR) is 193 cm³/mol. The molecule has 0 N–H and O–H groups in total. The monoisotopic (exact) mass is 625 g/mol. The van der Waals surface area contributed by atoms with Crippen molar-refractivity contribution in [1.82, 2.24) is 24.9 Å². The highest BCUT2D eigenvalue weighted by Gasteiger charge is 2.49. The van der Waals surface area contributed by atoms with E-state index in [1.165, 1.54) is 55.6 Å². The molecule has 10 rings (SSSR count). The molecule has 49 heavy (non-hydrogen) atoms. The van der Waals surface area contributed by atoms with Gasteiger partial charge in [0.2, 0.25) is 0 Å². The van der Waals surface area contributed by atoms with E-state index in [0.717, 1.165) is 16.7 Å². The van der Waals surface area contributed by atoms with Gasteiger partial charge in [0, 0.05) is 41.5 Å². The van der Waals surface area contributed by atoms with Crippen LogP contribution < -0.4 is 0 Å². The molecular weight excluding hydrogens is 599 g/mol. The molecule has 2 aliphatic rings. The van der Waals surface area contributed by atoms with E-state index in [9.17, 15) is 0 Å². The number of aromatic nitrogens is 5. The van der Waals surface area contributed by atoms with Crippen molar-refractivity contribution in [2.45, 2.75) is 5.41 Å². The van der Waals surface area contributed by atoms with Crippen molar-refractivity contribution in [2.75, 3.05) is 0 Å². The quantitative estimate of drug-likeness (QED) is 0.196. The molecule has 0 radical (unpaired) electrons. The van der Waals surface area contributed by atoms with E-state index < -0.39 is 5.41 Å². The first-order chi connectivity index (χ1) is 24.3. The van der Waals surface area contributed by atoms with Gasteiger partial charge in [-0.25, -0.2) is 15.0 Å². The molecule has 5 heteroatoms. The highest BCUT2D eigenvalue weighted by atomic mass is 15.0. The van der Waals surface area contributed by atoms with Gasteiger partial charge in [0.25, 0.3) is 0 Å². The summed E-state index contributed by atoms with van der Waals surface area (Å²) < 4.78 is 0. The fourth-order valence-electron chi connectivity index (χ4n) is 7.95. The second-order valence-electron chi connectivity index (χ2n) is 12.5. The molecule has 0 fully saturated rings. The second kappa shape index (κ2) is 10.7. The van der Waals surface area contributed by atoms with Crippen LogP contribution in [0.4, 0.5) is 0 Å². The van der Waals surface area contributed by atoms with Crippen LogP contribution in [0.15, 0.2) is 164 Å². The summed E-state index contributed by atoms with van der Waals surface area (Å²) in [5.74, 6) is 1.80. The Morgan fingerprint density at radius 1 is 0.306 bits per heavy atom. The smallest absolute Gasteiger partial charge is 0.164 e. The van der Waals surface area contributed by atoms with Gasteiger partial charge in [-0.2, -0.15) is 0 Å². The molecule has 0 unspecified atom stereocenters. The maximum absolute atomic E-state index is 5.10. The van der Waals surface area contributed by atoms with Crippen molar-refractivity contribution in [1.29, 1.82) is 0 Å². The average Bonchev–Trinajstić information content (AvgIpc) is 3.43. The van der Waals surface area contributed by atoms with Crippen LogP contribution in [0.3, 0.4) is 0 Å². The van der Waals surface area contributed by atoms with E-state index >= 15 is 0 Å². The van der Waals surface area contributed by atoms with Gasteiger partial charge in [-0.15, -0.1) is 0 Å². The first kappa shape index (κ1) is 27.5. The number of rotatable bonds is 3. The summed E-state index contributed by atoms with van der Waals surface area (Å²) in [5, 5.41) is 0. The van der Waals surface area contributed by atoms with Gasteiger partial charge < -0.3 is 0 Å². The third-order valence-electron chi connectivity index (χ3n) is 9.99.